The fourth-order valence-corrected chi connectivity index (χ4v) is 3.49. The maximum atomic E-state index is 12.2. The summed E-state index contributed by atoms with van der Waals surface area (Å²) < 4.78 is 0. The molecule has 1 aromatic carbocycles. The molecule has 1 fully saturated rings. The van der Waals surface area contributed by atoms with Crippen LogP contribution in [0, 0.1) is 5.92 Å². The summed E-state index contributed by atoms with van der Waals surface area (Å²) >= 11 is 1.37. The molecule has 2 heterocycles. The van der Waals surface area contributed by atoms with Crippen molar-refractivity contribution in [3.63, 3.8) is 0 Å². The smallest absolute Gasteiger partial charge is 0.290 e. The van der Waals surface area contributed by atoms with E-state index in [-0.39, 0.29) is 37.9 Å². The molecule has 0 saturated carbocycles. The fraction of sp³-hybridized carbons (Fsp3) is 0.353. The van der Waals surface area contributed by atoms with Crippen LogP contribution < -0.4 is 10.2 Å². The minimum Gasteiger partial charge on any atom is -0.483 e. The molecule has 3 N–H and O–H groups in total. The summed E-state index contributed by atoms with van der Waals surface area (Å²) in [5.41, 5.74) is 1.13. The van der Waals surface area contributed by atoms with Gasteiger partial charge in [0.25, 0.3) is 6.47 Å². The van der Waals surface area contributed by atoms with E-state index in [0.29, 0.717) is 18.1 Å². The molecule has 1 aliphatic rings. The standard InChI is InChI=1S/C16H18N4O3S.CH2O2/c21-7-6-17-15(23)12-9-14(22)20(10-12)16-19-18-13(24-16)8-11-4-2-1-3-5-11;2-1-3/h1-5,12,21H,6-10H2,(H,17,23);1H,(H,2,3). The number of aliphatic hydroxyl groups is 1. The van der Waals surface area contributed by atoms with Gasteiger partial charge in [0, 0.05) is 25.9 Å². The van der Waals surface area contributed by atoms with E-state index in [1.54, 1.807) is 0 Å². The van der Waals surface area contributed by atoms with Crippen molar-refractivity contribution in [2.45, 2.75) is 12.8 Å². The first-order valence-corrected chi connectivity index (χ1v) is 9.03. The molecule has 10 heteroatoms. The van der Waals surface area contributed by atoms with E-state index >= 15 is 0 Å². The van der Waals surface area contributed by atoms with Crippen LogP contribution in [-0.4, -0.2) is 58.4 Å². The molecule has 144 valence electrons. The molecule has 2 aromatic rings. The lowest BCUT2D eigenvalue weighted by molar-refractivity contribution is -0.126. The van der Waals surface area contributed by atoms with Gasteiger partial charge in [-0.05, 0) is 5.56 Å². The van der Waals surface area contributed by atoms with E-state index in [9.17, 15) is 9.59 Å². The normalized spacial score (nSPS) is 15.8. The highest BCUT2D eigenvalue weighted by molar-refractivity contribution is 7.15. The van der Waals surface area contributed by atoms with Gasteiger partial charge in [-0.15, -0.1) is 10.2 Å². The third kappa shape index (κ3) is 5.83. The number of hydrogen-bond donors (Lipinski definition) is 3. The Morgan fingerprint density at radius 1 is 1.33 bits per heavy atom. The summed E-state index contributed by atoms with van der Waals surface area (Å²) in [6.07, 6.45) is 0.825. The number of amides is 2. The minimum absolute atomic E-state index is 0.116. The Bertz CT molecular complexity index is 768. The van der Waals surface area contributed by atoms with E-state index in [1.165, 1.54) is 16.2 Å². The predicted octanol–water partition coefficient (Wildman–Crippen LogP) is 0.291. The Kier molecular flexibility index (Phi) is 7.83. The monoisotopic (exact) mass is 392 g/mol. The number of carbonyl (C=O) groups is 3. The zero-order valence-electron chi connectivity index (χ0n) is 14.4. The third-order valence-corrected chi connectivity index (χ3v) is 4.74. The topological polar surface area (TPSA) is 133 Å². The Balaban J connectivity index is 0.000000817. The van der Waals surface area contributed by atoms with Gasteiger partial charge in [-0.2, -0.15) is 0 Å². The molecule has 1 aromatic heterocycles. The lowest BCUT2D eigenvalue weighted by atomic mass is 10.1. The van der Waals surface area contributed by atoms with Crippen molar-refractivity contribution in [1.29, 1.82) is 0 Å². The predicted molar refractivity (Wildman–Crippen MR) is 98.4 cm³/mol. The number of benzene rings is 1. The van der Waals surface area contributed by atoms with Crippen molar-refractivity contribution >= 4 is 34.8 Å². The van der Waals surface area contributed by atoms with Crippen LogP contribution in [0.4, 0.5) is 5.13 Å². The largest absolute Gasteiger partial charge is 0.483 e. The molecular formula is C17H20N4O5S. The quantitative estimate of drug-likeness (QED) is 0.602. The first-order valence-electron chi connectivity index (χ1n) is 8.22. The van der Waals surface area contributed by atoms with Crippen molar-refractivity contribution in [3.05, 3.63) is 40.9 Å². The maximum absolute atomic E-state index is 12.2. The molecular weight excluding hydrogens is 372 g/mol. The number of nitrogens with one attached hydrogen (secondary N) is 1. The molecule has 3 rings (SSSR count). The van der Waals surface area contributed by atoms with Crippen molar-refractivity contribution in [3.8, 4) is 0 Å². The average Bonchev–Trinajstić information content (AvgIpc) is 3.27. The van der Waals surface area contributed by atoms with Crippen molar-refractivity contribution in [1.82, 2.24) is 15.5 Å². The number of aliphatic hydroxyl groups excluding tert-OH is 1. The minimum atomic E-state index is -0.412. The number of nitrogens with zero attached hydrogens (tertiary/aromatic N) is 3. The Labute approximate surface area is 159 Å². The van der Waals surface area contributed by atoms with Crippen LogP contribution in [0.25, 0.3) is 0 Å². The van der Waals surface area contributed by atoms with Crippen LogP contribution in [-0.2, 0) is 20.8 Å². The summed E-state index contributed by atoms with van der Waals surface area (Å²) in [5.74, 6) is -0.749. The van der Waals surface area contributed by atoms with Crippen LogP contribution >= 0.6 is 11.3 Å². The van der Waals surface area contributed by atoms with Gasteiger partial charge in [-0.1, -0.05) is 41.7 Å². The first kappa shape index (κ1) is 20.5. The zero-order valence-corrected chi connectivity index (χ0v) is 15.3. The second-order valence-corrected chi connectivity index (χ2v) is 6.71. The molecule has 0 aliphatic carbocycles. The van der Waals surface area contributed by atoms with E-state index in [2.05, 4.69) is 15.5 Å². The SMILES string of the molecule is O=C(NCCO)C1CC(=O)N(c2nnc(Cc3ccccc3)s2)C1.O=CO. The second-order valence-electron chi connectivity index (χ2n) is 5.67. The van der Waals surface area contributed by atoms with Gasteiger partial charge in [0.1, 0.15) is 5.01 Å². The molecule has 27 heavy (non-hydrogen) atoms. The van der Waals surface area contributed by atoms with Gasteiger partial charge < -0.3 is 15.5 Å². The highest BCUT2D eigenvalue weighted by Gasteiger charge is 2.36. The zero-order chi connectivity index (χ0) is 19.6. The van der Waals surface area contributed by atoms with Gasteiger partial charge in [0.05, 0.1) is 12.5 Å². The summed E-state index contributed by atoms with van der Waals surface area (Å²) in [6.45, 7) is 0.134. The first-order chi connectivity index (χ1) is 13.1. The van der Waals surface area contributed by atoms with E-state index in [4.69, 9.17) is 15.0 Å². The van der Waals surface area contributed by atoms with E-state index in [0.717, 1.165) is 10.6 Å². The molecule has 0 radical (unpaired) electrons. The summed E-state index contributed by atoms with van der Waals surface area (Å²) in [5, 5.41) is 27.9. The number of carbonyl (C=O) groups excluding carboxylic acids is 2. The van der Waals surface area contributed by atoms with Crippen molar-refractivity contribution in [2.75, 3.05) is 24.6 Å². The molecule has 9 nitrogen and oxygen atoms in total. The number of rotatable bonds is 6. The Morgan fingerprint density at radius 2 is 2.04 bits per heavy atom. The van der Waals surface area contributed by atoms with Crippen molar-refractivity contribution in [2.24, 2.45) is 5.92 Å². The van der Waals surface area contributed by atoms with E-state index < -0.39 is 5.92 Å². The second kappa shape index (κ2) is 10.3. The van der Waals surface area contributed by atoms with Crippen LogP contribution in [0.3, 0.4) is 0 Å². The molecule has 1 unspecified atom stereocenters. The number of carboxylic acid groups (broad SMARTS) is 1. The number of hydrogen-bond acceptors (Lipinski definition) is 7. The number of aromatic nitrogens is 2. The van der Waals surface area contributed by atoms with Gasteiger partial charge >= 0.3 is 0 Å². The van der Waals surface area contributed by atoms with Gasteiger partial charge in [-0.3, -0.25) is 19.3 Å². The Morgan fingerprint density at radius 3 is 2.70 bits per heavy atom. The molecule has 0 spiro atoms. The average molecular weight is 392 g/mol. The molecule has 0 bridgehead atoms. The maximum Gasteiger partial charge on any atom is 0.290 e. The van der Waals surface area contributed by atoms with Crippen molar-refractivity contribution < 1.29 is 24.6 Å². The van der Waals surface area contributed by atoms with Crippen LogP contribution in [0.1, 0.15) is 17.0 Å². The molecule has 2 amide bonds. The Hall–Kier alpha value is -2.85. The summed E-state index contributed by atoms with van der Waals surface area (Å²) in [4.78, 5) is 34.0. The highest BCUT2D eigenvalue weighted by atomic mass is 32.1. The fourth-order valence-electron chi connectivity index (χ4n) is 2.59. The van der Waals surface area contributed by atoms with Crippen LogP contribution in [0.5, 0.6) is 0 Å². The van der Waals surface area contributed by atoms with E-state index in [1.807, 2.05) is 30.3 Å². The van der Waals surface area contributed by atoms with Gasteiger partial charge in [-0.25, -0.2) is 0 Å². The molecule has 1 saturated heterocycles. The van der Waals surface area contributed by atoms with Gasteiger partial charge in [0.15, 0.2) is 0 Å². The summed E-state index contributed by atoms with van der Waals surface area (Å²) in [6, 6.07) is 9.93. The van der Waals surface area contributed by atoms with Crippen LogP contribution in [0.15, 0.2) is 30.3 Å². The summed E-state index contributed by atoms with van der Waals surface area (Å²) in [7, 11) is 0. The lowest BCUT2D eigenvalue weighted by Crippen LogP contribution is -2.34. The third-order valence-electron chi connectivity index (χ3n) is 3.79. The molecule has 1 atom stereocenters. The van der Waals surface area contributed by atoms with Crippen LogP contribution in [0.2, 0.25) is 0 Å². The number of anilines is 1. The lowest BCUT2D eigenvalue weighted by Gasteiger charge is -2.12. The molecule has 1 aliphatic heterocycles. The van der Waals surface area contributed by atoms with Gasteiger partial charge in [0.2, 0.25) is 16.9 Å². The highest BCUT2D eigenvalue weighted by Crippen LogP contribution is 2.28.